The molecule has 3 nitrogen and oxygen atoms in total. The molecular formula is C17H23NO2. The Morgan fingerprint density at radius 1 is 1.40 bits per heavy atom. The Morgan fingerprint density at radius 2 is 2.10 bits per heavy atom. The van der Waals surface area contributed by atoms with Crippen LogP contribution in [0.1, 0.15) is 42.3 Å². The molecule has 0 atom stereocenters. The summed E-state index contributed by atoms with van der Waals surface area (Å²) >= 11 is 0. The van der Waals surface area contributed by atoms with Gasteiger partial charge in [-0.2, -0.15) is 0 Å². The molecule has 0 unspecified atom stereocenters. The third-order valence-electron chi connectivity index (χ3n) is 2.96. The molecule has 20 heavy (non-hydrogen) atoms. The third-order valence-corrected chi connectivity index (χ3v) is 2.96. The van der Waals surface area contributed by atoms with E-state index in [1.54, 1.807) is 0 Å². The Labute approximate surface area is 121 Å². The maximum absolute atomic E-state index is 12.6. The van der Waals surface area contributed by atoms with E-state index in [0.29, 0.717) is 23.6 Å². The summed E-state index contributed by atoms with van der Waals surface area (Å²) in [4.78, 5) is 14.4. The Bertz CT molecular complexity index is 524. The molecule has 0 heterocycles. The van der Waals surface area contributed by atoms with Crippen molar-refractivity contribution in [1.29, 1.82) is 0 Å². The van der Waals surface area contributed by atoms with Crippen molar-refractivity contribution in [3.05, 3.63) is 34.9 Å². The number of amides is 1. The van der Waals surface area contributed by atoms with E-state index in [4.69, 9.17) is 5.11 Å². The Balaban J connectivity index is 3.13. The van der Waals surface area contributed by atoms with Crippen LogP contribution < -0.4 is 0 Å². The highest BCUT2D eigenvalue weighted by molar-refractivity contribution is 5.96. The van der Waals surface area contributed by atoms with Crippen LogP contribution in [0.2, 0.25) is 0 Å². The molecule has 0 radical (unpaired) electrons. The van der Waals surface area contributed by atoms with E-state index in [9.17, 15) is 4.79 Å². The number of hydrogen-bond donors (Lipinski definition) is 1. The molecule has 0 aliphatic carbocycles. The number of carbonyl (C=O) groups is 1. The van der Waals surface area contributed by atoms with Gasteiger partial charge in [-0.05, 0) is 37.5 Å². The minimum Gasteiger partial charge on any atom is -0.384 e. The van der Waals surface area contributed by atoms with Crippen LogP contribution in [0.25, 0.3) is 0 Å². The van der Waals surface area contributed by atoms with Gasteiger partial charge in [-0.1, -0.05) is 31.8 Å². The number of nitrogens with zero attached hydrogens (tertiary/aromatic N) is 1. The molecule has 1 rings (SSSR count). The standard InChI is InChI=1S/C17H23NO2/c1-5-18(12-13(2)3)17(20)16-9-8-14(4)11-15(16)7-6-10-19/h8-9,11,13,19H,5,10,12H2,1-4H3. The monoisotopic (exact) mass is 273 g/mol. The highest BCUT2D eigenvalue weighted by atomic mass is 16.2. The van der Waals surface area contributed by atoms with E-state index >= 15 is 0 Å². The van der Waals surface area contributed by atoms with Crippen LogP contribution in [0.4, 0.5) is 0 Å². The Hall–Kier alpha value is -1.79. The molecule has 108 valence electrons. The lowest BCUT2D eigenvalue weighted by Gasteiger charge is -2.23. The van der Waals surface area contributed by atoms with Crippen molar-refractivity contribution in [3.8, 4) is 11.8 Å². The Morgan fingerprint density at radius 3 is 2.65 bits per heavy atom. The van der Waals surface area contributed by atoms with Crippen LogP contribution in [-0.4, -0.2) is 35.6 Å². The van der Waals surface area contributed by atoms with Crippen molar-refractivity contribution in [2.75, 3.05) is 19.7 Å². The zero-order valence-electron chi connectivity index (χ0n) is 12.7. The minimum atomic E-state index is -0.203. The summed E-state index contributed by atoms with van der Waals surface area (Å²) in [5.74, 6) is 5.92. The maximum atomic E-state index is 12.6. The molecule has 1 N–H and O–H groups in total. The number of benzene rings is 1. The first-order chi connectivity index (χ1) is 9.49. The summed E-state index contributed by atoms with van der Waals surface area (Å²) in [5.41, 5.74) is 2.35. The quantitative estimate of drug-likeness (QED) is 0.856. The molecule has 1 aromatic rings. The van der Waals surface area contributed by atoms with Crippen molar-refractivity contribution in [1.82, 2.24) is 4.90 Å². The van der Waals surface area contributed by atoms with Gasteiger partial charge in [0.1, 0.15) is 6.61 Å². The second-order valence-electron chi connectivity index (χ2n) is 5.25. The number of aliphatic hydroxyl groups is 1. The molecule has 0 aliphatic heterocycles. The first-order valence-electron chi connectivity index (χ1n) is 6.99. The van der Waals surface area contributed by atoms with Crippen molar-refractivity contribution >= 4 is 5.91 Å². The lowest BCUT2D eigenvalue weighted by Crippen LogP contribution is -2.34. The zero-order valence-corrected chi connectivity index (χ0v) is 12.7. The smallest absolute Gasteiger partial charge is 0.255 e. The van der Waals surface area contributed by atoms with Crippen LogP contribution in [0.5, 0.6) is 0 Å². The van der Waals surface area contributed by atoms with E-state index in [1.165, 1.54) is 0 Å². The fourth-order valence-electron chi connectivity index (χ4n) is 2.05. The van der Waals surface area contributed by atoms with Crippen molar-refractivity contribution < 1.29 is 9.90 Å². The van der Waals surface area contributed by atoms with Crippen molar-refractivity contribution in [2.24, 2.45) is 5.92 Å². The van der Waals surface area contributed by atoms with Gasteiger partial charge in [-0.25, -0.2) is 0 Å². The fraction of sp³-hybridized carbons (Fsp3) is 0.471. The number of carbonyl (C=O) groups excluding carboxylic acids is 1. The highest BCUT2D eigenvalue weighted by Crippen LogP contribution is 2.14. The number of aryl methyl sites for hydroxylation is 1. The molecule has 1 aromatic carbocycles. The molecule has 1 amide bonds. The number of aliphatic hydroxyl groups excluding tert-OH is 1. The van der Waals surface area contributed by atoms with Crippen LogP contribution in [-0.2, 0) is 0 Å². The first kappa shape index (κ1) is 16.3. The molecule has 0 aliphatic rings. The van der Waals surface area contributed by atoms with Gasteiger partial charge in [0, 0.05) is 18.7 Å². The molecule has 0 bridgehead atoms. The minimum absolute atomic E-state index is 0.00318. The summed E-state index contributed by atoms with van der Waals surface area (Å²) in [6.45, 7) is 9.34. The predicted octanol–water partition coefficient (Wildman–Crippen LogP) is 2.46. The van der Waals surface area contributed by atoms with Crippen molar-refractivity contribution in [3.63, 3.8) is 0 Å². The maximum Gasteiger partial charge on any atom is 0.255 e. The molecule has 0 spiro atoms. The van der Waals surface area contributed by atoms with Gasteiger partial charge in [-0.15, -0.1) is 0 Å². The van der Waals surface area contributed by atoms with E-state index < -0.39 is 0 Å². The average Bonchev–Trinajstić information content (AvgIpc) is 2.41. The van der Waals surface area contributed by atoms with Gasteiger partial charge < -0.3 is 10.0 Å². The van der Waals surface area contributed by atoms with E-state index in [-0.39, 0.29) is 12.5 Å². The van der Waals surface area contributed by atoms with Gasteiger partial charge in [-0.3, -0.25) is 4.79 Å². The summed E-state index contributed by atoms with van der Waals surface area (Å²) < 4.78 is 0. The average molecular weight is 273 g/mol. The van der Waals surface area contributed by atoms with Gasteiger partial charge in [0.2, 0.25) is 0 Å². The summed E-state index contributed by atoms with van der Waals surface area (Å²) in [7, 11) is 0. The van der Waals surface area contributed by atoms with Gasteiger partial charge >= 0.3 is 0 Å². The second-order valence-corrected chi connectivity index (χ2v) is 5.25. The largest absolute Gasteiger partial charge is 0.384 e. The van der Waals surface area contributed by atoms with Crippen LogP contribution in [0.15, 0.2) is 18.2 Å². The predicted molar refractivity (Wildman–Crippen MR) is 81.6 cm³/mol. The normalized spacial score (nSPS) is 10.1. The Kier molecular flexibility index (Phi) is 6.27. The van der Waals surface area contributed by atoms with Crippen LogP contribution >= 0.6 is 0 Å². The summed E-state index contributed by atoms with van der Waals surface area (Å²) in [6.07, 6.45) is 0. The molecule has 3 heteroatoms. The molecule has 0 aromatic heterocycles. The molecule has 0 saturated heterocycles. The van der Waals surface area contributed by atoms with Crippen LogP contribution in [0, 0.1) is 24.7 Å². The molecule has 0 saturated carbocycles. The number of rotatable bonds is 4. The van der Waals surface area contributed by atoms with Gasteiger partial charge in [0.05, 0.1) is 5.56 Å². The highest BCUT2D eigenvalue weighted by Gasteiger charge is 2.17. The van der Waals surface area contributed by atoms with E-state index in [0.717, 1.165) is 12.1 Å². The van der Waals surface area contributed by atoms with Gasteiger partial charge in [0.15, 0.2) is 0 Å². The third kappa shape index (κ3) is 4.40. The second kappa shape index (κ2) is 7.72. The van der Waals surface area contributed by atoms with Crippen molar-refractivity contribution in [2.45, 2.75) is 27.7 Å². The van der Waals surface area contributed by atoms with E-state index in [2.05, 4.69) is 25.7 Å². The lowest BCUT2D eigenvalue weighted by molar-refractivity contribution is 0.0745. The lowest BCUT2D eigenvalue weighted by atomic mass is 10.0. The summed E-state index contributed by atoms with van der Waals surface area (Å²) in [6, 6.07) is 5.63. The SMILES string of the molecule is CCN(CC(C)C)C(=O)c1ccc(C)cc1C#CCO. The van der Waals surface area contributed by atoms with Crippen LogP contribution in [0.3, 0.4) is 0 Å². The molecule has 0 fully saturated rings. The fourth-order valence-corrected chi connectivity index (χ4v) is 2.05. The van der Waals surface area contributed by atoms with E-state index in [1.807, 2.05) is 36.9 Å². The first-order valence-corrected chi connectivity index (χ1v) is 6.99. The topological polar surface area (TPSA) is 40.5 Å². The number of hydrogen-bond acceptors (Lipinski definition) is 2. The molecular weight excluding hydrogens is 250 g/mol. The zero-order chi connectivity index (χ0) is 15.1. The summed E-state index contributed by atoms with van der Waals surface area (Å²) in [5, 5.41) is 8.83. The van der Waals surface area contributed by atoms with Gasteiger partial charge in [0.25, 0.3) is 5.91 Å².